The molecule has 0 spiro atoms. The molecule has 2 N–H and O–H groups in total. The zero-order valence-corrected chi connectivity index (χ0v) is 12.4. The highest BCUT2D eigenvalue weighted by molar-refractivity contribution is 5.81. The van der Waals surface area contributed by atoms with Gasteiger partial charge in [-0.15, -0.1) is 0 Å². The van der Waals surface area contributed by atoms with Crippen molar-refractivity contribution in [3.05, 3.63) is 12.7 Å². The highest BCUT2D eigenvalue weighted by Crippen LogP contribution is 2.07. The summed E-state index contributed by atoms with van der Waals surface area (Å²) in [5.41, 5.74) is 0. The first kappa shape index (κ1) is 19.1. The number of aliphatic carboxylic acids is 1. The predicted octanol–water partition coefficient (Wildman–Crippen LogP) is 2.04. The van der Waals surface area contributed by atoms with Crippen molar-refractivity contribution in [3.8, 4) is 0 Å². The van der Waals surface area contributed by atoms with Crippen LogP contribution in [0.3, 0.4) is 0 Å². The van der Waals surface area contributed by atoms with Crippen molar-refractivity contribution in [1.29, 1.82) is 0 Å². The SMILES string of the molecule is C=CC(=O)OCCCNC(=O)CCCCCCCC(=O)O. The van der Waals surface area contributed by atoms with Crippen LogP contribution < -0.4 is 5.32 Å². The lowest BCUT2D eigenvalue weighted by Gasteiger charge is -2.05. The molecule has 0 bridgehead atoms. The first-order valence-electron chi connectivity index (χ1n) is 7.34. The summed E-state index contributed by atoms with van der Waals surface area (Å²) in [6.07, 6.45) is 6.68. The quantitative estimate of drug-likeness (QED) is 0.308. The summed E-state index contributed by atoms with van der Waals surface area (Å²) in [6.45, 7) is 4.04. The molecule has 21 heavy (non-hydrogen) atoms. The van der Waals surface area contributed by atoms with Crippen LogP contribution in [0.25, 0.3) is 0 Å². The summed E-state index contributed by atoms with van der Waals surface area (Å²) >= 11 is 0. The molecule has 0 atom stereocenters. The molecular formula is C15H25NO5. The van der Waals surface area contributed by atoms with Gasteiger partial charge in [-0.25, -0.2) is 4.79 Å². The molecule has 0 saturated carbocycles. The Hall–Kier alpha value is -1.85. The molecule has 0 unspecified atom stereocenters. The largest absolute Gasteiger partial charge is 0.481 e. The second-order valence-corrected chi connectivity index (χ2v) is 4.74. The number of esters is 1. The molecule has 0 aliphatic carbocycles. The zero-order chi connectivity index (χ0) is 15.9. The molecule has 0 rings (SSSR count). The van der Waals surface area contributed by atoms with Gasteiger partial charge in [0.2, 0.25) is 5.91 Å². The maximum absolute atomic E-state index is 11.5. The summed E-state index contributed by atoms with van der Waals surface area (Å²) in [5.74, 6) is -1.21. The highest BCUT2D eigenvalue weighted by atomic mass is 16.5. The molecule has 0 aliphatic heterocycles. The Labute approximate surface area is 125 Å². The number of hydrogen-bond acceptors (Lipinski definition) is 4. The number of carbonyl (C=O) groups excluding carboxylic acids is 2. The summed E-state index contributed by atoms with van der Waals surface area (Å²) in [5, 5.41) is 11.2. The summed E-state index contributed by atoms with van der Waals surface area (Å²) in [4.78, 5) is 32.5. The third kappa shape index (κ3) is 14.4. The number of carbonyl (C=O) groups is 3. The molecule has 6 nitrogen and oxygen atoms in total. The molecular weight excluding hydrogens is 274 g/mol. The van der Waals surface area contributed by atoms with E-state index in [-0.39, 0.29) is 18.9 Å². The van der Waals surface area contributed by atoms with Crippen LogP contribution in [0.5, 0.6) is 0 Å². The number of amides is 1. The van der Waals surface area contributed by atoms with Crippen molar-refractivity contribution in [2.45, 2.75) is 51.4 Å². The number of hydrogen-bond donors (Lipinski definition) is 2. The van der Waals surface area contributed by atoms with Crippen LogP contribution >= 0.6 is 0 Å². The van der Waals surface area contributed by atoms with E-state index in [0.717, 1.165) is 31.8 Å². The van der Waals surface area contributed by atoms with Gasteiger partial charge in [0, 0.05) is 25.5 Å². The number of rotatable bonds is 13. The van der Waals surface area contributed by atoms with Crippen molar-refractivity contribution >= 4 is 17.8 Å². The van der Waals surface area contributed by atoms with Crippen LogP contribution in [0, 0.1) is 0 Å². The lowest BCUT2D eigenvalue weighted by molar-refractivity contribution is -0.138. The number of carboxylic acids is 1. The standard InChI is InChI=1S/C15H25NO5/c1-2-15(20)21-12-8-11-16-13(17)9-6-4-3-5-7-10-14(18)19/h2H,1,3-12H2,(H,16,17)(H,18,19). The second-order valence-electron chi connectivity index (χ2n) is 4.74. The molecule has 0 aromatic rings. The smallest absolute Gasteiger partial charge is 0.330 e. The Kier molecular flexibility index (Phi) is 12.0. The molecule has 0 radical (unpaired) electrons. The molecule has 0 aliphatic rings. The fourth-order valence-corrected chi connectivity index (χ4v) is 1.71. The monoisotopic (exact) mass is 299 g/mol. The van der Waals surface area contributed by atoms with E-state index in [9.17, 15) is 14.4 Å². The van der Waals surface area contributed by atoms with Crippen LogP contribution in [0.15, 0.2) is 12.7 Å². The average molecular weight is 299 g/mol. The molecule has 120 valence electrons. The number of unbranched alkanes of at least 4 members (excludes halogenated alkanes) is 4. The fourth-order valence-electron chi connectivity index (χ4n) is 1.71. The first-order chi connectivity index (χ1) is 10.1. The van der Waals surface area contributed by atoms with Gasteiger partial charge in [0.05, 0.1) is 6.61 Å². The van der Waals surface area contributed by atoms with Crippen molar-refractivity contribution < 1.29 is 24.2 Å². The second kappa shape index (κ2) is 13.1. The Bertz CT molecular complexity index is 341. The minimum absolute atomic E-state index is 0.00409. The van der Waals surface area contributed by atoms with Gasteiger partial charge in [-0.3, -0.25) is 9.59 Å². The summed E-state index contributed by atoms with van der Waals surface area (Å²) in [6, 6.07) is 0. The van der Waals surface area contributed by atoms with Gasteiger partial charge in [0.15, 0.2) is 0 Å². The minimum atomic E-state index is -0.756. The third-order valence-corrected chi connectivity index (χ3v) is 2.85. The maximum Gasteiger partial charge on any atom is 0.330 e. The van der Waals surface area contributed by atoms with Crippen LogP contribution in [0.4, 0.5) is 0 Å². The average Bonchev–Trinajstić information content (AvgIpc) is 2.45. The van der Waals surface area contributed by atoms with Crippen molar-refractivity contribution in [2.24, 2.45) is 0 Å². The van der Waals surface area contributed by atoms with Gasteiger partial charge in [-0.05, 0) is 19.3 Å². The Morgan fingerprint density at radius 3 is 2.24 bits per heavy atom. The van der Waals surface area contributed by atoms with E-state index in [4.69, 9.17) is 9.84 Å². The van der Waals surface area contributed by atoms with Crippen molar-refractivity contribution in [1.82, 2.24) is 5.32 Å². The zero-order valence-electron chi connectivity index (χ0n) is 12.4. The molecule has 0 saturated heterocycles. The van der Waals surface area contributed by atoms with Gasteiger partial charge in [0.25, 0.3) is 0 Å². The third-order valence-electron chi connectivity index (χ3n) is 2.85. The van der Waals surface area contributed by atoms with E-state index in [0.29, 0.717) is 25.8 Å². The highest BCUT2D eigenvalue weighted by Gasteiger charge is 2.02. The lowest BCUT2D eigenvalue weighted by Crippen LogP contribution is -2.25. The molecule has 0 heterocycles. The van der Waals surface area contributed by atoms with E-state index in [1.165, 1.54) is 0 Å². The predicted molar refractivity (Wildman–Crippen MR) is 78.7 cm³/mol. The topological polar surface area (TPSA) is 92.7 Å². The van der Waals surface area contributed by atoms with Gasteiger partial charge in [0.1, 0.15) is 0 Å². The minimum Gasteiger partial charge on any atom is -0.481 e. The summed E-state index contributed by atoms with van der Waals surface area (Å²) in [7, 11) is 0. The molecule has 6 heteroatoms. The van der Waals surface area contributed by atoms with Crippen molar-refractivity contribution in [3.63, 3.8) is 0 Å². The lowest BCUT2D eigenvalue weighted by atomic mass is 10.1. The Morgan fingerprint density at radius 2 is 1.62 bits per heavy atom. The van der Waals surface area contributed by atoms with Crippen LogP contribution in [-0.2, 0) is 19.1 Å². The van der Waals surface area contributed by atoms with E-state index < -0.39 is 11.9 Å². The molecule has 0 aromatic heterocycles. The number of ether oxygens (including phenoxy) is 1. The van der Waals surface area contributed by atoms with Gasteiger partial charge in [-0.1, -0.05) is 25.8 Å². The molecule has 0 fully saturated rings. The van der Waals surface area contributed by atoms with Crippen molar-refractivity contribution in [2.75, 3.05) is 13.2 Å². The Balaban J connectivity index is 3.29. The number of nitrogens with one attached hydrogen (secondary N) is 1. The molecule has 1 amide bonds. The van der Waals surface area contributed by atoms with Gasteiger partial charge >= 0.3 is 11.9 Å². The number of carboxylic acid groups (broad SMARTS) is 1. The van der Waals surface area contributed by atoms with E-state index in [1.807, 2.05) is 0 Å². The normalized spacial score (nSPS) is 9.90. The molecule has 0 aromatic carbocycles. The fraction of sp³-hybridized carbons (Fsp3) is 0.667. The van der Waals surface area contributed by atoms with Crippen LogP contribution in [0.1, 0.15) is 51.4 Å². The van der Waals surface area contributed by atoms with E-state index in [2.05, 4.69) is 11.9 Å². The van der Waals surface area contributed by atoms with Crippen LogP contribution in [0.2, 0.25) is 0 Å². The maximum atomic E-state index is 11.5. The van der Waals surface area contributed by atoms with Gasteiger partial charge in [-0.2, -0.15) is 0 Å². The van der Waals surface area contributed by atoms with E-state index >= 15 is 0 Å². The van der Waals surface area contributed by atoms with Crippen LogP contribution in [-0.4, -0.2) is 36.1 Å². The summed E-state index contributed by atoms with van der Waals surface area (Å²) < 4.78 is 4.78. The van der Waals surface area contributed by atoms with Gasteiger partial charge < -0.3 is 15.2 Å². The van der Waals surface area contributed by atoms with E-state index in [1.54, 1.807) is 0 Å². The Morgan fingerprint density at radius 1 is 1.00 bits per heavy atom. The first-order valence-corrected chi connectivity index (χ1v) is 7.34.